The monoisotopic (exact) mass is 1130 g/mol. The molecule has 4 aliphatic rings. The molecule has 0 saturated carbocycles. The normalized spacial score (nSPS) is 23.6. The number of aliphatic hydroxyl groups is 1. The second kappa shape index (κ2) is 30.5. The average Bonchev–Trinajstić information content (AvgIpc) is 3.74. The Morgan fingerprint density at radius 1 is 0.598 bits per heavy atom. The number of nitrogens with one attached hydrogen (secondary N) is 8. The summed E-state index contributed by atoms with van der Waals surface area (Å²) < 4.78 is 0. The smallest absolute Gasteiger partial charge is 0.253 e. The maximum Gasteiger partial charge on any atom is 0.253 e. The SMILES string of the molecule is CC[C@H](NC)C(=O)N[C@@H]1C(=O)N2[C@@H](CC[C@@H]1CNC(=O)CCCNc1c(NCCCCCC(=O)[C@@H](NC(=O)[C@@H]3CC[C@@H]4CC[C@H](CO)[C@H](NC(=O)[C@H](CC)NC)C(=O)N43)c3ccccc3)c(=O)c1=O)CC[C@H]2C(=O)CCc1ccccc1. The molecule has 0 unspecified atom stereocenters. The van der Waals surface area contributed by atoms with E-state index in [2.05, 4.69) is 42.5 Å². The van der Waals surface area contributed by atoms with Crippen LogP contribution in [0.2, 0.25) is 0 Å². The lowest BCUT2D eigenvalue weighted by molar-refractivity contribution is -0.144. The summed E-state index contributed by atoms with van der Waals surface area (Å²) in [7, 11) is 3.34. The number of likely N-dealkylation sites (N-methyl/N-ethyl adjacent to an activating group) is 2. The molecule has 4 heterocycles. The van der Waals surface area contributed by atoms with E-state index >= 15 is 0 Å². The summed E-state index contributed by atoms with van der Waals surface area (Å²) in [5.74, 6) is -3.29. The number of unbranched alkanes of at least 4 members (excludes halogenated alkanes) is 2. The molecule has 0 spiro atoms. The summed E-state index contributed by atoms with van der Waals surface area (Å²) >= 11 is 0. The molecule has 3 aromatic carbocycles. The van der Waals surface area contributed by atoms with Crippen LogP contribution in [-0.2, 0) is 44.8 Å². The molecule has 21 nitrogen and oxygen atoms in total. The van der Waals surface area contributed by atoms with E-state index in [-0.39, 0.29) is 91.2 Å². The van der Waals surface area contributed by atoms with Gasteiger partial charge >= 0.3 is 0 Å². The Morgan fingerprint density at radius 2 is 1.12 bits per heavy atom. The molecule has 82 heavy (non-hydrogen) atoms. The number of aryl methyl sites for hydroxylation is 1. The molecule has 6 amide bonds. The Labute approximate surface area is 480 Å². The maximum absolute atomic E-state index is 14.5. The topological polar surface area (TPSA) is 294 Å². The number of fused-ring (bicyclic) bond motifs is 2. The van der Waals surface area contributed by atoms with Gasteiger partial charge in [0.05, 0.1) is 18.1 Å². The van der Waals surface area contributed by atoms with Crippen LogP contribution in [0.5, 0.6) is 0 Å². The zero-order valence-corrected chi connectivity index (χ0v) is 48.1. The first-order chi connectivity index (χ1) is 39.6. The van der Waals surface area contributed by atoms with Crippen molar-refractivity contribution in [3.8, 4) is 0 Å². The standard InChI is InChI=1S/C61H86N10O11/c1-5-43(62-3)57(78)68-51-39(24-26-41-28-30-45(70(41)60(51)81)47(73)32-23-37-17-10-7-11-18-37)35-66-49(75)22-16-34-65-54-53(55(76)56(54)77)64-33-15-9-14-21-48(74)50(38-19-12-8-13-20-38)67-59(80)46-31-29-42-27-25-40(36-72)52(61(82)71(42)46)69-58(79)44(6-2)63-4/h7-8,10-13,17-20,39-46,50-52,62-65,72H,5-6,9,14-16,21-36H2,1-4H3,(H,66,75)(H,67,80)(H,68,78)(H,69,79)/t39-,40-,41+,42+,43+,44+,45+,46+,50+,51+,52+/m1/s1. The molecule has 11 atom stereocenters. The molecule has 0 aliphatic carbocycles. The third-order valence-electron chi connectivity index (χ3n) is 17.4. The van der Waals surface area contributed by atoms with Gasteiger partial charge in [0.1, 0.15) is 35.5 Å². The van der Waals surface area contributed by atoms with E-state index in [9.17, 15) is 53.1 Å². The Morgan fingerprint density at radius 3 is 1.70 bits per heavy atom. The van der Waals surface area contributed by atoms with Crippen molar-refractivity contribution in [3.63, 3.8) is 0 Å². The van der Waals surface area contributed by atoms with E-state index in [4.69, 9.17) is 0 Å². The zero-order chi connectivity index (χ0) is 58.9. The summed E-state index contributed by atoms with van der Waals surface area (Å²) in [5, 5.41) is 34.1. The van der Waals surface area contributed by atoms with Crippen molar-refractivity contribution >= 4 is 58.4 Å². The Balaban J connectivity index is 0.856. The quantitative estimate of drug-likeness (QED) is 0.0331. The molecule has 9 N–H and O–H groups in total. The number of hydrogen-bond acceptors (Lipinski definition) is 15. The minimum Gasteiger partial charge on any atom is -0.396 e. The van der Waals surface area contributed by atoms with Crippen LogP contribution in [0.25, 0.3) is 0 Å². The molecule has 0 aromatic heterocycles. The van der Waals surface area contributed by atoms with Crippen molar-refractivity contribution in [2.75, 3.05) is 51.0 Å². The number of nitrogens with zero attached hydrogens (tertiary/aromatic N) is 2. The number of hydrogen-bond donors (Lipinski definition) is 9. The van der Waals surface area contributed by atoms with Crippen molar-refractivity contribution in [2.45, 2.75) is 184 Å². The Hall–Kier alpha value is -6.84. The van der Waals surface area contributed by atoms with Crippen molar-refractivity contribution in [2.24, 2.45) is 11.8 Å². The van der Waals surface area contributed by atoms with Crippen LogP contribution < -0.4 is 53.4 Å². The fourth-order valence-corrected chi connectivity index (χ4v) is 12.6. The van der Waals surface area contributed by atoms with Crippen molar-refractivity contribution < 1.29 is 43.5 Å². The highest BCUT2D eigenvalue weighted by Gasteiger charge is 2.49. The molecule has 0 bridgehead atoms. The van der Waals surface area contributed by atoms with E-state index < -0.39 is 76.8 Å². The number of amides is 6. The molecule has 446 valence electrons. The summed E-state index contributed by atoms with van der Waals surface area (Å²) in [4.78, 5) is 139. The molecule has 3 aromatic rings. The van der Waals surface area contributed by atoms with Gasteiger partial charge in [-0.3, -0.25) is 47.9 Å². The molecule has 4 fully saturated rings. The maximum atomic E-state index is 14.5. The molecule has 0 radical (unpaired) electrons. The highest BCUT2D eigenvalue weighted by molar-refractivity contribution is 5.97. The predicted octanol–water partition coefficient (Wildman–Crippen LogP) is 2.69. The van der Waals surface area contributed by atoms with Crippen LogP contribution in [0.1, 0.15) is 140 Å². The highest BCUT2D eigenvalue weighted by Crippen LogP contribution is 2.36. The number of anilines is 2. The number of rotatable bonds is 31. The van der Waals surface area contributed by atoms with E-state index in [0.29, 0.717) is 115 Å². The van der Waals surface area contributed by atoms with Gasteiger partial charge in [0, 0.05) is 69.4 Å². The van der Waals surface area contributed by atoms with E-state index in [1.54, 1.807) is 48.2 Å². The second-order valence-electron chi connectivity index (χ2n) is 22.6. The molecular weight excluding hydrogens is 1050 g/mol. The van der Waals surface area contributed by atoms with Gasteiger partial charge in [-0.15, -0.1) is 0 Å². The van der Waals surface area contributed by atoms with Crippen LogP contribution in [0.4, 0.5) is 11.4 Å². The number of Topliss-reactive ketones (excluding diaryl/α,β-unsaturated/α-hetero) is 2. The van der Waals surface area contributed by atoms with Gasteiger partial charge in [0.2, 0.25) is 35.4 Å². The van der Waals surface area contributed by atoms with Gasteiger partial charge in [-0.1, -0.05) is 80.9 Å². The second-order valence-corrected chi connectivity index (χ2v) is 22.6. The van der Waals surface area contributed by atoms with Crippen LogP contribution in [0.15, 0.2) is 70.3 Å². The first kappa shape index (κ1) is 62.8. The average molecular weight is 1140 g/mol. The van der Waals surface area contributed by atoms with E-state index in [1.165, 1.54) is 0 Å². The lowest BCUT2D eigenvalue weighted by Crippen LogP contribution is -2.58. The summed E-state index contributed by atoms with van der Waals surface area (Å²) in [6.45, 7) is 4.12. The fourth-order valence-electron chi connectivity index (χ4n) is 12.6. The van der Waals surface area contributed by atoms with Crippen molar-refractivity contribution in [1.29, 1.82) is 0 Å². The van der Waals surface area contributed by atoms with Crippen LogP contribution in [0, 0.1) is 11.8 Å². The van der Waals surface area contributed by atoms with Gasteiger partial charge in [-0.05, 0) is 115 Å². The van der Waals surface area contributed by atoms with Gasteiger partial charge in [-0.2, -0.15) is 0 Å². The first-order valence-electron chi connectivity index (χ1n) is 29.9. The third-order valence-corrected chi connectivity index (χ3v) is 17.4. The van der Waals surface area contributed by atoms with Crippen molar-refractivity contribution in [3.05, 3.63) is 92.2 Å². The molecule has 21 heteroatoms. The number of ketones is 2. The largest absolute Gasteiger partial charge is 0.396 e. The van der Waals surface area contributed by atoms with E-state index in [1.807, 2.05) is 50.2 Å². The lowest BCUT2D eigenvalue weighted by atomic mass is 9.92. The summed E-state index contributed by atoms with van der Waals surface area (Å²) in [5.41, 5.74) is 0.636. The minimum absolute atomic E-state index is 0.00146. The van der Waals surface area contributed by atoms with Crippen LogP contribution >= 0.6 is 0 Å². The van der Waals surface area contributed by atoms with Crippen LogP contribution in [0.3, 0.4) is 0 Å². The molecule has 4 aliphatic heterocycles. The number of aliphatic hydroxyl groups excluding tert-OH is 1. The zero-order valence-electron chi connectivity index (χ0n) is 48.1. The summed E-state index contributed by atoms with van der Waals surface area (Å²) in [6.07, 6.45) is 8.49. The van der Waals surface area contributed by atoms with Crippen LogP contribution in [-0.4, -0.2) is 151 Å². The molecule has 4 saturated heterocycles. The molecular formula is C61H86N10O11. The number of carbonyl (C=O) groups excluding carboxylic acids is 8. The minimum atomic E-state index is -1.01. The van der Waals surface area contributed by atoms with Gasteiger partial charge in [0.15, 0.2) is 11.6 Å². The third kappa shape index (κ3) is 15.4. The van der Waals surface area contributed by atoms with Crippen molar-refractivity contribution in [1.82, 2.24) is 41.7 Å². The van der Waals surface area contributed by atoms with Gasteiger partial charge in [0.25, 0.3) is 10.9 Å². The van der Waals surface area contributed by atoms with Gasteiger partial charge in [-0.25, -0.2) is 0 Å². The summed E-state index contributed by atoms with van der Waals surface area (Å²) in [6, 6.07) is 12.8. The Bertz CT molecular complexity index is 2750. The number of benzene rings is 2. The molecule has 7 rings (SSSR count). The first-order valence-corrected chi connectivity index (χ1v) is 29.9. The Kier molecular flexibility index (Phi) is 23.3. The lowest BCUT2D eigenvalue weighted by Gasteiger charge is -2.33. The number of carbonyl (C=O) groups is 8. The van der Waals surface area contributed by atoms with E-state index in [0.717, 1.165) is 5.56 Å². The van der Waals surface area contributed by atoms with Gasteiger partial charge < -0.3 is 57.4 Å². The highest BCUT2D eigenvalue weighted by atomic mass is 16.3. The predicted molar refractivity (Wildman–Crippen MR) is 311 cm³/mol. The fraction of sp³-hybridized carbons (Fsp3) is 0.607.